The van der Waals surface area contributed by atoms with E-state index in [1.165, 1.54) is 22.4 Å². The molecule has 0 saturated heterocycles. The molecule has 0 fully saturated rings. The summed E-state index contributed by atoms with van der Waals surface area (Å²) >= 11 is 0. The van der Waals surface area contributed by atoms with E-state index in [1.807, 2.05) is 7.05 Å². The molecule has 0 aliphatic heterocycles. The van der Waals surface area contributed by atoms with Gasteiger partial charge in [0.2, 0.25) is 0 Å². The van der Waals surface area contributed by atoms with Crippen LogP contribution in [0.15, 0.2) is 48.5 Å². The Bertz CT molecular complexity index is 534. The fraction of sp³-hybridized carbons (Fsp3) is 0.333. The van der Waals surface area contributed by atoms with Gasteiger partial charge < -0.3 is 10.2 Å². The highest BCUT2D eigenvalue weighted by Crippen LogP contribution is 2.20. The third kappa shape index (κ3) is 3.84. The number of aryl methyl sites for hydroxylation is 1. The Labute approximate surface area is 122 Å². The van der Waals surface area contributed by atoms with E-state index in [1.54, 1.807) is 0 Å². The highest BCUT2D eigenvalue weighted by molar-refractivity contribution is 5.54. The normalized spacial score (nSPS) is 10.6. The zero-order valence-corrected chi connectivity index (χ0v) is 12.7. The van der Waals surface area contributed by atoms with Crippen molar-refractivity contribution in [2.75, 3.05) is 25.5 Å². The molecule has 0 saturated carbocycles. The maximum absolute atomic E-state index is 3.19. The zero-order valence-electron chi connectivity index (χ0n) is 12.7. The van der Waals surface area contributed by atoms with Crippen LogP contribution in [0.3, 0.4) is 0 Å². The molecular formula is C18H24N2. The Morgan fingerprint density at radius 1 is 1.00 bits per heavy atom. The van der Waals surface area contributed by atoms with Crippen LogP contribution in [-0.4, -0.2) is 20.6 Å². The number of nitrogens with one attached hydrogen (secondary N) is 1. The van der Waals surface area contributed by atoms with Gasteiger partial charge in [0.05, 0.1) is 0 Å². The molecular weight excluding hydrogens is 244 g/mol. The summed E-state index contributed by atoms with van der Waals surface area (Å²) in [5.41, 5.74) is 5.39. The first-order valence-corrected chi connectivity index (χ1v) is 7.20. The number of rotatable bonds is 6. The summed E-state index contributed by atoms with van der Waals surface area (Å²) in [7, 11) is 4.15. The Morgan fingerprint density at radius 2 is 1.75 bits per heavy atom. The number of hydrogen-bond acceptors (Lipinski definition) is 2. The van der Waals surface area contributed by atoms with Gasteiger partial charge in [-0.05, 0) is 43.1 Å². The minimum atomic E-state index is 0.925. The van der Waals surface area contributed by atoms with Gasteiger partial charge in [0.15, 0.2) is 0 Å². The molecule has 0 radical (unpaired) electrons. The van der Waals surface area contributed by atoms with Gasteiger partial charge in [0.25, 0.3) is 0 Å². The van der Waals surface area contributed by atoms with Gasteiger partial charge >= 0.3 is 0 Å². The predicted octanol–water partition coefficient (Wildman–Crippen LogP) is 3.39. The molecule has 0 atom stereocenters. The second-order valence-corrected chi connectivity index (χ2v) is 5.31. The van der Waals surface area contributed by atoms with Gasteiger partial charge in [-0.3, -0.25) is 0 Å². The van der Waals surface area contributed by atoms with E-state index < -0.39 is 0 Å². The van der Waals surface area contributed by atoms with Crippen LogP contribution in [-0.2, 0) is 13.0 Å². The highest BCUT2D eigenvalue weighted by Gasteiger charge is 2.05. The summed E-state index contributed by atoms with van der Waals surface area (Å²) in [6.45, 7) is 4.15. The number of hydrogen-bond donors (Lipinski definition) is 1. The van der Waals surface area contributed by atoms with Gasteiger partial charge in [0.1, 0.15) is 0 Å². The SMILES string of the molecule is CNCc1ccc(N(C)CCc2ccccc2)c(C)c1. The van der Waals surface area contributed by atoms with Crippen LogP contribution in [0.2, 0.25) is 0 Å². The lowest BCUT2D eigenvalue weighted by Gasteiger charge is -2.22. The molecule has 0 amide bonds. The van der Waals surface area contributed by atoms with Crippen LogP contribution in [0.25, 0.3) is 0 Å². The van der Waals surface area contributed by atoms with Crippen LogP contribution in [0.1, 0.15) is 16.7 Å². The van der Waals surface area contributed by atoms with Gasteiger partial charge in [-0.1, -0.05) is 42.5 Å². The lowest BCUT2D eigenvalue weighted by Crippen LogP contribution is -2.21. The van der Waals surface area contributed by atoms with Crippen molar-refractivity contribution in [3.63, 3.8) is 0 Å². The van der Waals surface area contributed by atoms with Crippen LogP contribution in [0.4, 0.5) is 5.69 Å². The molecule has 2 rings (SSSR count). The topological polar surface area (TPSA) is 15.3 Å². The lowest BCUT2D eigenvalue weighted by molar-refractivity contribution is 0.815. The van der Waals surface area contributed by atoms with Crippen molar-refractivity contribution >= 4 is 5.69 Å². The molecule has 0 bridgehead atoms. The Morgan fingerprint density at radius 3 is 2.40 bits per heavy atom. The molecule has 2 aromatic rings. The summed E-state index contributed by atoms with van der Waals surface area (Å²) in [6.07, 6.45) is 1.08. The van der Waals surface area contributed by atoms with Gasteiger partial charge in [-0.25, -0.2) is 0 Å². The van der Waals surface area contributed by atoms with Crippen molar-refractivity contribution in [2.45, 2.75) is 19.9 Å². The average Bonchev–Trinajstić information content (AvgIpc) is 2.46. The minimum absolute atomic E-state index is 0.925. The van der Waals surface area contributed by atoms with Gasteiger partial charge in [-0.15, -0.1) is 0 Å². The highest BCUT2D eigenvalue weighted by atomic mass is 15.1. The molecule has 0 spiro atoms. The first kappa shape index (κ1) is 14.6. The third-order valence-corrected chi connectivity index (χ3v) is 3.63. The summed E-state index contributed by atoms with van der Waals surface area (Å²) in [6, 6.07) is 17.4. The average molecular weight is 268 g/mol. The third-order valence-electron chi connectivity index (χ3n) is 3.63. The van der Waals surface area contributed by atoms with E-state index in [2.05, 4.69) is 72.7 Å². The largest absolute Gasteiger partial charge is 0.374 e. The van der Waals surface area contributed by atoms with Crippen molar-refractivity contribution in [3.8, 4) is 0 Å². The number of benzene rings is 2. The lowest BCUT2D eigenvalue weighted by atomic mass is 10.1. The molecule has 0 heterocycles. The molecule has 2 aromatic carbocycles. The van der Waals surface area contributed by atoms with Crippen molar-refractivity contribution in [2.24, 2.45) is 0 Å². The van der Waals surface area contributed by atoms with E-state index in [-0.39, 0.29) is 0 Å². The van der Waals surface area contributed by atoms with E-state index >= 15 is 0 Å². The molecule has 0 unspecified atom stereocenters. The van der Waals surface area contributed by atoms with Gasteiger partial charge in [-0.2, -0.15) is 0 Å². The number of nitrogens with zero attached hydrogens (tertiary/aromatic N) is 1. The first-order chi connectivity index (χ1) is 9.70. The second kappa shape index (κ2) is 7.11. The van der Waals surface area contributed by atoms with E-state index in [0.717, 1.165) is 19.5 Å². The quantitative estimate of drug-likeness (QED) is 0.864. The van der Waals surface area contributed by atoms with E-state index in [0.29, 0.717) is 0 Å². The first-order valence-electron chi connectivity index (χ1n) is 7.20. The zero-order chi connectivity index (χ0) is 14.4. The van der Waals surface area contributed by atoms with E-state index in [4.69, 9.17) is 0 Å². The Balaban J connectivity index is 2.00. The standard InChI is InChI=1S/C18H24N2/c1-15-13-17(14-19-2)9-10-18(15)20(3)12-11-16-7-5-4-6-8-16/h4-10,13,19H,11-12,14H2,1-3H3. The van der Waals surface area contributed by atoms with E-state index in [9.17, 15) is 0 Å². The number of anilines is 1. The summed E-state index contributed by atoms with van der Waals surface area (Å²) in [5, 5.41) is 3.19. The van der Waals surface area contributed by atoms with Crippen molar-refractivity contribution in [1.82, 2.24) is 5.32 Å². The molecule has 20 heavy (non-hydrogen) atoms. The van der Waals surface area contributed by atoms with Crippen LogP contribution in [0.5, 0.6) is 0 Å². The van der Waals surface area contributed by atoms with Crippen molar-refractivity contribution in [1.29, 1.82) is 0 Å². The summed E-state index contributed by atoms with van der Waals surface area (Å²) < 4.78 is 0. The molecule has 2 heteroatoms. The van der Waals surface area contributed by atoms with Gasteiger partial charge in [0, 0.05) is 25.8 Å². The number of likely N-dealkylation sites (N-methyl/N-ethyl adjacent to an activating group) is 1. The Kier molecular flexibility index (Phi) is 5.19. The molecule has 0 aliphatic rings. The molecule has 0 aromatic heterocycles. The van der Waals surface area contributed by atoms with Crippen LogP contribution >= 0.6 is 0 Å². The second-order valence-electron chi connectivity index (χ2n) is 5.31. The molecule has 106 valence electrons. The maximum atomic E-state index is 3.19. The fourth-order valence-corrected chi connectivity index (χ4v) is 2.52. The Hall–Kier alpha value is -1.80. The van der Waals surface area contributed by atoms with Crippen LogP contribution in [0, 0.1) is 6.92 Å². The summed E-state index contributed by atoms with van der Waals surface area (Å²) in [4.78, 5) is 2.34. The molecule has 1 N–H and O–H groups in total. The van der Waals surface area contributed by atoms with Crippen LogP contribution < -0.4 is 10.2 Å². The smallest absolute Gasteiger partial charge is 0.0393 e. The maximum Gasteiger partial charge on any atom is 0.0393 e. The molecule has 0 aliphatic carbocycles. The van der Waals surface area contributed by atoms with Crippen molar-refractivity contribution < 1.29 is 0 Å². The monoisotopic (exact) mass is 268 g/mol. The fourth-order valence-electron chi connectivity index (χ4n) is 2.52. The molecule has 2 nitrogen and oxygen atoms in total. The predicted molar refractivity (Wildman–Crippen MR) is 87.4 cm³/mol. The van der Waals surface area contributed by atoms with Crippen molar-refractivity contribution in [3.05, 3.63) is 65.2 Å². The minimum Gasteiger partial charge on any atom is -0.374 e. The summed E-state index contributed by atoms with van der Waals surface area (Å²) in [5.74, 6) is 0.